The number of benzene rings is 1. The molecule has 0 bridgehead atoms. The summed E-state index contributed by atoms with van der Waals surface area (Å²) < 4.78 is 21.9. The summed E-state index contributed by atoms with van der Waals surface area (Å²) in [5.41, 5.74) is 0.785. The Morgan fingerprint density at radius 3 is 2.44 bits per heavy atom. The number of sulfone groups is 1. The standard InChI is InChI=1S/C12H17NO4S/c1-18(16,17)8-7-12(15)13-11(9-14)10-5-3-2-4-6-10/h2-6,11,14H,7-9H2,1H3,(H,13,15)/t11-/m1/s1. The van der Waals surface area contributed by atoms with E-state index < -0.39 is 15.9 Å². The van der Waals surface area contributed by atoms with Crippen molar-refractivity contribution in [2.24, 2.45) is 0 Å². The highest BCUT2D eigenvalue weighted by atomic mass is 32.2. The fourth-order valence-corrected chi connectivity index (χ4v) is 2.02. The summed E-state index contributed by atoms with van der Waals surface area (Å²) in [4.78, 5) is 11.5. The molecule has 0 saturated carbocycles. The third kappa shape index (κ3) is 5.29. The van der Waals surface area contributed by atoms with Gasteiger partial charge in [0.2, 0.25) is 5.91 Å². The first-order valence-electron chi connectivity index (χ1n) is 5.55. The van der Waals surface area contributed by atoms with Crippen molar-refractivity contribution in [1.82, 2.24) is 5.32 Å². The van der Waals surface area contributed by atoms with Gasteiger partial charge in [0.05, 0.1) is 18.4 Å². The Morgan fingerprint density at radius 1 is 1.33 bits per heavy atom. The summed E-state index contributed by atoms with van der Waals surface area (Å²) in [5, 5.41) is 11.8. The number of aliphatic hydroxyl groups is 1. The minimum atomic E-state index is -3.15. The van der Waals surface area contributed by atoms with Crippen molar-refractivity contribution in [2.75, 3.05) is 18.6 Å². The molecule has 0 spiro atoms. The SMILES string of the molecule is CS(=O)(=O)CCC(=O)N[C@H](CO)c1ccccc1. The summed E-state index contributed by atoms with van der Waals surface area (Å²) in [5.74, 6) is -0.575. The number of amides is 1. The summed E-state index contributed by atoms with van der Waals surface area (Å²) in [6.07, 6.45) is 0.989. The van der Waals surface area contributed by atoms with Gasteiger partial charge in [-0.25, -0.2) is 8.42 Å². The van der Waals surface area contributed by atoms with Gasteiger partial charge in [-0.1, -0.05) is 30.3 Å². The molecule has 1 atom stereocenters. The molecule has 0 saturated heterocycles. The second kappa shape index (κ2) is 6.51. The second-order valence-corrected chi connectivity index (χ2v) is 6.35. The molecule has 0 aliphatic carbocycles. The Labute approximate surface area is 107 Å². The fourth-order valence-electron chi connectivity index (χ4n) is 1.46. The van der Waals surface area contributed by atoms with E-state index in [0.29, 0.717) is 0 Å². The van der Waals surface area contributed by atoms with Crippen LogP contribution in [0.1, 0.15) is 18.0 Å². The first-order chi connectivity index (χ1) is 8.42. The van der Waals surface area contributed by atoms with Crippen LogP contribution >= 0.6 is 0 Å². The fraction of sp³-hybridized carbons (Fsp3) is 0.417. The van der Waals surface area contributed by atoms with Crippen LogP contribution in [0.3, 0.4) is 0 Å². The van der Waals surface area contributed by atoms with E-state index >= 15 is 0 Å². The minimum Gasteiger partial charge on any atom is -0.394 e. The maximum atomic E-state index is 11.5. The molecular formula is C12H17NO4S. The highest BCUT2D eigenvalue weighted by Crippen LogP contribution is 2.11. The maximum Gasteiger partial charge on any atom is 0.221 e. The van der Waals surface area contributed by atoms with Crippen molar-refractivity contribution in [3.63, 3.8) is 0 Å². The van der Waals surface area contributed by atoms with Crippen LogP contribution in [0.15, 0.2) is 30.3 Å². The molecule has 5 nitrogen and oxygen atoms in total. The van der Waals surface area contributed by atoms with E-state index in [0.717, 1.165) is 11.8 Å². The molecule has 6 heteroatoms. The van der Waals surface area contributed by atoms with Gasteiger partial charge in [0.15, 0.2) is 0 Å². The Bertz CT molecular complexity index is 484. The van der Waals surface area contributed by atoms with Crippen molar-refractivity contribution in [1.29, 1.82) is 0 Å². The van der Waals surface area contributed by atoms with E-state index in [9.17, 15) is 18.3 Å². The molecule has 0 fully saturated rings. The molecule has 0 aliphatic heterocycles. The zero-order chi connectivity index (χ0) is 13.6. The quantitative estimate of drug-likeness (QED) is 0.778. The molecule has 0 radical (unpaired) electrons. The van der Waals surface area contributed by atoms with Gasteiger partial charge >= 0.3 is 0 Å². The predicted octanol–water partition coefficient (Wildman–Crippen LogP) is 0.271. The molecular weight excluding hydrogens is 254 g/mol. The van der Waals surface area contributed by atoms with Crippen LogP contribution < -0.4 is 5.32 Å². The van der Waals surface area contributed by atoms with Gasteiger partial charge < -0.3 is 10.4 Å². The lowest BCUT2D eigenvalue weighted by Crippen LogP contribution is -2.31. The molecule has 0 aromatic heterocycles. The zero-order valence-corrected chi connectivity index (χ0v) is 11.0. The largest absolute Gasteiger partial charge is 0.394 e. The molecule has 0 unspecified atom stereocenters. The first kappa shape index (κ1) is 14.7. The van der Waals surface area contributed by atoms with Crippen LogP contribution in [-0.2, 0) is 14.6 Å². The molecule has 2 N–H and O–H groups in total. The van der Waals surface area contributed by atoms with Gasteiger partial charge in [-0.05, 0) is 5.56 Å². The van der Waals surface area contributed by atoms with E-state index in [1.165, 1.54) is 0 Å². The van der Waals surface area contributed by atoms with Gasteiger partial charge in [0.25, 0.3) is 0 Å². The Hall–Kier alpha value is -1.40. The third-order valence-electron chi connectivity index (χ3n) is 2.42. The highest BCUT2D eigenvalue weighted by Gasteiger charge is 2.14. The first-order valence-corrected chi connectivity index (χ1v) is 7.61. The summed E-state index contributed by atoms with van der Waals surface area (Å²) in [7, 11) is -3.15. The van der Waals surface area contributed by atoms with Gasteiger partial charge in [-0.3, -0.25) is 4.79 Å². The molecule has 0 heterocycles. The normalized spacial score (nSPS) is 13.0. The van der Waals surface area contributed by atoms with Crippen LogP contribution in [0.4, 0.5) is 0 Å². The number of carbonyl (C=O) groups excluding carboxylic acids is 1. The van der Waals surface area contributed by atoms with Crippen molar-refractivity contribution in [3.8, 4) is 0 Å². The van der Waals surface area contributed by atoms with Crippen LogP contribution in [0.5, 0.6) is 0 Å². The average Bonchev–Trinajstić information content (AvgIpc) is 2.33. The van der Waals surface area contributed by atoms with E-state index in [1.807, 2.05) is 6.07 Å². The highest BCUT2D eigenvalue weighted by molar-refractivity contribution is 7.90. The Kier molecular flexibility index (Phi) is 5.30. The lowest BCUT2D eigenvalue weighted by molar-refractivity contribution is -0.121. The minimum absolute atomic E-state index is 0.0951. The third-order valence-corrected chi connectivity index (χ3v) is 3.37. The molecule has 1 aromatic rings. The lowest BCUT2D eigenvalue weighted by Gasteiger charge is -2.16. The van der Waals surface area contributed by atoms with Crippen molar-refractivity contribution >= 4 is 15.7 Å². The smallest absolute Gasteiger partial charge is 0.221 e. The van der Waals surface area contributed by atoms with Crippen LogP contribution in [-0.4, -0.2) is 38.0 Å². The lowest BCUT2D eigenvalue weighted by atomic mass is 10.1. The number of carbonyl (C=O) groups is 1. The summed E-state index contributed by atoms with van der Waals surface area (Å²) in [6.45, 7) is -0.228. The monoisotopic (exact) mass is 271 g/mol. The van der Waals surface area contributed by atoms with E-state index in [2.05, 4.69) is 5.32 Å². The molecule has 1 amide bonds. The average molecular weight is 271 g/mol. The van der Waals surface area contributed by atoms with Gasteiger partial charge in [0, 0.05) is 12.7 Å². The maximum absolute atomic E-state index is 11.5. The Balaban J connectivity index is 2.57. The van der Waals surface area contributed by atoms with Crippen LogP contribution in [0.25, 0.3) is 0 Å². The number of hydrogen-bond donors (Lipinski definition) is 2. The van der Waals surface area contributed by atoms with E-state index in [4.69, 9.17) is 0 Å². The summed E-state index contributed by atoms with van der Waals surface area (Å²) >= 11 is 0. The second-order valence-electron chi connectivity index (χ2n) is 4.09. The topological polar surface area (TPSA) is 83.5 Å². The van der Waals surface area contributed by atoms with Gasteiger partial charge in [-0.2, -0.15) is 0 Å². The van der Waals surface area contributed by atoms with E-state index in [1.54, 1.807) is 24.3 Å². The molecule has 100 valence electrons. The molecule has 1 aromatic carbocycles. The number of rotatable bonds is 6. The summed E-state index contributed by atoms with van der Waals surface area (Å²) in [6, 6.07) is 8.53. The Morgan fingerprint density at radius 2 is 1.94 bits per heavy atom. The van der Waals surface area contributed by atoms with Crippen LogP contribution in [0.2, 0.25) is 0 Å². The van der Waals surface area contributed by atoms with Crippen molar-refractivity contribution in [2.45, 2.75) is 12.5 Å². The molecule has 1 rings (SSSR count). The zero-order valence-electron chi connectivity index (χ0n) is 10.2. The predicted molar refractivity (Wildman–Crippen MR) is 68.7 cm³/mol. The number of nitrogens with one attached hydrogen (secondary N) is 1. The van der Waals surface area contributed by atoms with Crippen LogP contribution in [0, 0.1) is 0 Å². The number of hydrogen-bond acceptors (Lipinski definition) is 4. The molecule has 0 aliphatic rings. The van der Waals surface area contributed by atoms with Gasteiger partial charge in [0.1, 0.15) is 9.84 Å². The van der Waals surface area contributed by atoms with Crippen molar-refractivity contribution in [3.05, 3.63) is 35.9 Å². The van der Waals surface area contributed by atoms with Gasteiger partial charge in [-0.15, -0.1) is 0 Å². The number of aliphatic hydroxyl groups excluding tert-OH is 1. The van der Waals surface area contributed by atoms with E-state index in [-0.39, 0.29) is 24.7 Å². The van der Waals surface area contributed by atoms with Crippen molar-refractivity contribution < 1.29 is 18.3 Å². The molecule has 18 heavy (non-hydrogen) atoms.